The maximum Gasteiger partial charge on any atom is 0.221 e. The minimum Gasteiger partial charge on any atom is -0.492 e. The summed E-state index contributed by atoms with van der Waals surface area (Å²) in [6.07, 6.45) is 0.877. The molecule has 1 aromatic rings. The monoisotopic (exact) mass is 264 g/mol. The van der Waals surface area contributed by atoms with Gasteiger partial charge in [-0.15, -0.1) is 0 Å². The molecule has 0 unspecified atom stereocenters. The van der Waals surface area contributed by atoms with Crippen LogP contribution in [0.1, 0.15) is 33.3 Å². The summed E-state index contributed by atoms with van der Waals surface area (Å²) in [5.74, 6) is 0.620. The van der Waals surface area contributed by atoms with Crippen molar-refractivity contribution in [3.05, 3.63) is 23.8 Å². The number of carbonyl (C=O) groups excluding carboxylic acids is 1. The van der Waals surface area contributed by atoms with E-state index in [-0.39, 0.29) is 11.4 Å². The van der Waals surface area contributed by atoms with E-state index in [9.17, 15) is 4.79 Å². The largest absolute Gasteiger partial charge is 0.492 e. The number of amides is 1. The summed E-state index contributed by atoms with van der Waals surface area (Å²) in [4.78, 5) is 11.2. The lowest BCUT2D eigenvalue weighted by atomic mass is 9.95. The summed E-state index contributed by atoms with van der Waals surface area (Å²) in [5.41, 5.74) is 1.91. The lowest BCUT2D eigenvalue weighted by Crippen LogP contribution is -2.38. The molecule has 0 aliphatic carbocycles. The fraction of sp³-hybridized carbons (Fsp3) is 0.533. The highest BCUT2D eigenvalue weighted by Gasteiger charge is 2.16. The number of benzene rings is 1. The van der Waals surface area contributed by atoms with E-state index in [1.165, 1.54) is 6.92 Å². The van der Waals surface area contributed by atoms with Gasteiger partial charge in [0, 0.05) is 12.5 Å². The number of anilines is 1. The summed E-state index contributed by atoms with van der Waals surface area (Å²) in [7, 11) is 1.95. The van der Waals surface area contributed by atoms with Crippen molar-refractivity contribution in [1.29, 1.82) is 0 Å². The normalized spacial score (nSPS) is 11.2. The molecule has 0 spiro atoms. The molecule has 4 nitrogen and oxygen atoms in total. The Labute approximate surface area is 115 Å². The lowest BCUT2D eigenvalue weighted by Gasteiger charge is -2.24. The van der Waals surface area contributed by atoms with Crippen LogP contribution in [0.25, 0.3) is 0 Å². The summed E-state index contributed by atoms with van der Waals surface area (Å²) in [5, 5.41) is 6.09. The summed E-state index contributed by atoms with van der Waals surface area (Å²) < 4.78 is 5.52. The minimum atomic E-state index is -0.0917. The fourth-order valence-corrected chi connectivity index (χ4v) is 1.85. The van der Waals surface area contributed by atoms with Crippen LogP contribution in [0.2, 0.25) is 0 Å². The molecule has 0 fully saturated rings. The lowest BCUT2D eigenvalue weighted by molar-refractivity contribution is -0.114. The number of nitrogens with one attached hydrogen (secondary N) is 2. The Kier molecular flexibility index (Phi) is 5.36. The third-order valence-electron chi connectivity index (χ3n) is 2.98. The second kappa shape index (κ2) is 6.57. The number of ether oxygens (including phenoxy) is 1. The number of hydrogen-bond acceptors (Lipinski definition) is 3. The minimum absolute atomic E-state index is 0.0145. The van der Waals surface area contributed by atoms with Crippen molar-refractivity contribution < 1.29 is 9.53 Å². The van der Waals surface area contributed by atoms with Gasteiger partial charge in [-0.25, -0.2) is 0 Å². The molecule has 0 atom stereocenters. The van der Waals surface area contributed by atoms with Crippen molar-refractivity contribution >= 4 is 11.6 Å². The Balaban J connectivity index is 3.00. The van der Waals surface area contributed by atoms with Gasteiger partial charge in [0.15, 0.2) is 0 Å². The van der Waals surface area contributed by atoms with Crippen LogP contribution in [-0.4, -0.2) is 25.1 Å². The van der Waals surface area contributed by atoms with E-state index >= 15 is 0 Å². The van der Waals surface area contributed by atoms with Crippen LogP contribution in [0.15, 0.2) is 18.2 Å². The molecule has 0 radical (unpaired) electrons. The molecule has 106 valence electrons. The highest BCUT2D eigenvalue weighted by Crippen LogP contribution is 2.27. The van der Waals surface area contributed by atoms with Crippen LogP contribution in [0.5, 0.6) is 5.75 Å². The Morgan fingerprint density at radius 1 is 1.37 bits per heavy atom. The molecule has 0 saturated carbocycles. The molecular formula is C15H24N2O2. The number of hydrogen-bond donors (Lipinski definition) is 2. The third kappa shape index (κ3) is 4.91. The smallest absolute Gasteiger partial charge is 0.221 e. The summed E-state index contributed by atoms with van der Waals surface area (Å²) in [6.45, 7) is 8.28. The van der Waals surface area contributed by atoms with Gasteiger partial charge in [0.1, 0.15) is 5.75 Å². The molecule has 1 aromatic carbocycles. The molecule has 19 heavy (non-hydrogen) atoms. The zero-order valence-corrected chi connectivity index (χ0v) is 12.5. The molecule has 0 bridgehead atoms. The molecular weight excluding hydrogens is 240 g/mol. The first-order valence-electron chi connectivity index (χ1n) is 6.60. The maximum atomic E-state index is 11.2. The van der Waals surface area contributed by atoms with Crippen molar-refractivity contribution in [3.8, 4) is 5.75 Å². The average molecular weight is 264 g/mol. The van der Waals surface area contributed by atoms with Crippen LogP contribution in [0.3, 0.4) is 0 Å². The van der Waals surface area contributed by atoms with Crippen molar-refractivity contribution in [3.63, 3.8) is 0 Å². The van der Waals surface area contributed by atoms with Crippen molar-refractivity contribution in [2.45, 2.75) is 39.7 Å². The SMILES string of the molecule is CCOc1ccc(CC(C)(C)NC)cc1NC(C)=O. The molecule has 4 heteroatoms. The van der Waals surface area contributed by atoms with Crippen molar-refractivity contribution in [2.75, 3.05) is 19.0 Å². The topological polar surface area (TPSA) is 50.4 Å². The predicted octanol–water partition coefficient (Wildman–Crippen LogP) is 2.58. The molecule has 0 heterocycles. The van der Waals surface area contributed by atoms with E-state index in [0.717, 1.165) is 17.7 Å². The Morgan fingerprint density at radius 2 is 2.05 bits per heavy atom. The Morgan fingerprint density at radius 3 is 2.58 bits per heavy atom. The van der Waals surface area contributed by atoms with Gasteiger partial charge in [0.25, 0.3) is 0 Å². The first kappa shape index (κ1) is 15.5. The molecule has 0 saturated heterocycles. The molecule has 0 aromatic heterocycles. The molecule has 1 rings (SSSR count). The molecule has 1 amide bonds. The summed E-state index contributed by atoms with van der Waals surface area (Å²) >= 11 is 0. The second-order valence-corrected chi connectivity index (χ2v) is 5.26. The van der Waals surface area contributed by atoms with E-state index in [1.54, 1.807) is 0 Å². The second-order valence-electron chi connectivity index (χ2n) is 5.26. The standard InChI is InChI=1S/C15H24N2O2/c1-6-19-14-8-7-12(10-15(3,4)16-5)9-13(14)17-11(2)18/h7-9,16H,6,10H2,1-5H3,(H,17,18). The van der Waals surface area contributed by atoms with Gasteiger partial charge in [-0.3, -0.25) is 4.79 Å². The van der Waals surface area contributed by atoms with Crippen molar-refractivity contribution in [1.82, 2.24) is 5.32 Å². The first-order chi connectivity index (χ1) is 8.88. The fourth-order valence-electron chi connectivity index (χ4n) is 1.85. The quantitative estimate of drug-likeness (QED) is 0.830. The van der Waals surface area contributed by atoms with E-state index < -0.39 is 0 Å². The highest BCUT2D eigenvalue weighted by molar-refractivity contribution is 5.90. The first-order valence-corrected chi connectivity index (χ1v) is 6.60. The average Bonchev–Trinajstić information content (AvgIpc) is 2.31. The van der Waals surface area contributed by atoms with E-state index in [4.69, 9.17) is 4.74 Å². The van der Waals surface area contributed by atoms with Gasteiger partial charge in [0.2, 0.25) is 5.91 Å². The van der Waals surface area contributed by atoms with Gasteiger partial charge < -0.3 is 15.4 Å². The highest BCUT2D eigenvalue weighted by atomic mass is 16.5. The van der Waals surface area contributed by atoms with Gasteiger partial charge in [-0.05, 0) is 51.9 Å². The van der Waals surface area contributed by atoms with Crippen LogP contribution in [-0.2, 0) is 11.2 Å². The number of rotatable bonds is 6. The Hall–Kier alpha value is -1.55. The van der Waals surface area contributed by atoms with Crippen LogP contribution < -0.4 is 15.4 Å². The zero-order chi connectivity index (χ0) is 14.5. The van der Waals surface area contributed by atoms with Gasteiger partial charge >= 0.3 is 0 Å². The molecule has 0 aliphatic rings. The third-order valence-corrected chi connectivity index (χ3v) is 2.98. The zero-order valence-electron chi connectivity index (χ0n) is 12.5. The molecule has 0 aliphatic heterocycles. The van der Waals surface area contributed by atoms with Gasteiger partial charge in [-0.2, -0.15) is 0 Å². The maximum absolute atomic E-state index is 11.2. The van der Waals surface area contributed by atoms with E-state index in [2.05, 4.69) is 24.5 Å². The van der Waals surface area contributed by atoms with Crippen molar-refractivity contribution in [2.24, 2.45) is 0 Å². The van der Waals surface area contributed by atoms with E-state index in [1.807, 2.05) is 32.2 Å². The van der Waals surface area contributed by atoms with Crippen LogP contribution >= 0.6 is 0 Å². The van der Waals surface area contributed by atoms with Crippen LogP contribution in [0, 0.1) is 0 Å². The van der Waals surface area contributed by atoms with Gasteiger partial charge in [0.05, 0.1) is 12.3 Å². The Bertz CT molecular complexity index is 442. The van der Waals surface area contributed by atoms with E-state index in [0.29, 0.717) is 12.4 Å². The van der Waals surface area contributed by atoms with Crippen LogP contribution in [0.4, 0.5) is 5.69 Å². The molecule has 2 N–H and O–H groups in total. The summed E-state index contributed by atoms with van der Waals surface area (Å²) in [6, 6.07) is 5.93. The predicted molar refractivity (Wildman–Crippen MR) is 78.8 cm³/mol. The van der Waals surface area contributed by atoms with Gasteiger partial charge in [-0.1, -0.05) is 6.07 Å². The number of likely N-dealkylation sites (N-methyl/N-ethyl adjacent to an activating group) is 1. The number of carbonyl (C=O) groups is 1.